The van der Waals surface area contributed by atoms with Gasteiger partial charge in [0.25, 0.3) is 0 Å². The third-order valence-corrected chi connectivity index (χ3v) is 4.46. The molecule has 2 heterocycles. The van der Waals surface area contributed by atoms with E-state index in [0.29, 0.717) is 12.6 Å². The Bertz CT molecular complexity index is 263. The van der Waals surface area contributed by atoms with E-state index in [1.54, 1.807) is 0 Å². The van der Waals surface area contributed by atoms with E-state index in [1.807, 2.05) is 6.92 Å². The molecule has 0 aromatic heterocycles. The van der Waals surface area contributed by atoms with E-state index in [-0.39, 0.29) is 11.9 Å². The second-order valence-corrected chi connectivity index (χ2v) is 5.49. The third-order valence-electron chi connectivity index (χ3n) is 4.46. The minimum atomic E-state index is 0.0541. The maximum Gasteiger partial charge on any atom is 0.314 e. The van der Waals surface area contributed by atoms with Crippen molar-refractivity contribution in [3.63, 3.8) is 0 Å². The highest BCUT2D eigenvalue weighted by Gasteiger charge is 2.46. The van der Waals surface area contributed by atoms with Gasteiger partial charge in [-0.3, -0.25) is 4.79 Å². The van der Waals surface area contributed by atoms with Crippen molar-refractivity contribution in [3.8, 4) is 0 Å². The number of fused-ring (bicyclic) bond motifs is 1. The average Bonchev–Trinajstić information content (AvgIpc) is 2.27. The zero-order valence-corrected chi connectivity index (χ0v) is 10.6. The summed E-state index contributed by atoms with van der Waals surface area (Å²) in [6, 6.07) is 0.529. The number of carbonyl (C=O) groups is 1. The first-order chi connectivity index (χ1) is 7.67. The Morgan fingerprint density at radius 3 is 2.75 bits per heavy atom. The summed E-state index contributed by atoms with van der Waals surface area (Å²) in [5.74, 6) is 0.220. The van der Waals surface area contributed by atoms with Crippen molar-refractivity contribution in [2.45, 2.75) is 45.1 Å². The molecule has 2 aliphatic heterocycles. The molecule has 0 radical (unpaired) electrons. The zero-order chi connectivity index (χ0) is 11.6. The lowest BCUT2D eigenvalue weighted by Crippen LogP contribution is -2.62. The lowest BCUT2D eigenvalue weighted by atomic mass is 9.81. The van der Waals surface area contributed by atoms with Crippen molar-refractivity contribution in [1.29, 1.82) is 0 Å². The number of quaternary nitrogens is 1. The molecule has 0 saturated carbocycles. The smallest absolute Gasteiger partial charge is 0.314 e. The standard InChI is InChI=1S/C13H24NO2/c1-3-16-13(15)11-7-6-10-14(2)9-5-4-8-12(11)14/h11-12H,3-10H2,1-2H3/q+1/t11-,12-,14?/m1/s1. The van der Waals surface area contributed by atoms with E-state index in [0.717, 1.165) is 10.9 Å². The van der Waals surface area contributed by atoms with Crippen LogP contribution in [-0.4, -0.2) is 43.2 Å². The summed E-state index contributed by atoms with van der Waals surface area (Å²) in [6.45, 7) is 4.92. The second kappa shape index (κ2) is 4.74. The van der Waals surface area contributed by atoms with Gasteiger partial charge in [-0.2, -0.15) is 0 Å². The van der Waals surface area contributed by atoms with Crippen LogP contribution in [0.15, 0.2) is 0 Å². The van der Waals surface area contributed by atoms with Crippen LogP contribution >= 0.6 is 0 Å². The number of hydrogen-bond donors (Lipinski definition) is 0. The van der Waals surface area contributed by atoms with Crippen LogP contribution in [0.5, 0.6) is 0 Å². The van der Waals surface area contributed by atoms with Gasteiger partial charge < -0.3 is 9.22 Å². The molecule has 92 valence electrons. The number of rotatable bonds is 2. The first-order valence-electron chi connectivity index (χ1n) is 6.68. The van der Waals surface area contributed by atoms with Crippen molar-refractivity contribution in [3.05, 3.63) is 0 Å². The Labute approximate surface area is 98.4 Å². The number of hydrogen-bond acceptors (Lipinski definition) is 2. The number of carbonyl (C=O) groups excluding carboxylic acids is 1. The summed E-state index contributed by atoms with van der Waals surface area (Å²) >= 11 is 0. The number of piperidine rings is 2. The fourth-order valence-corrected chi connectivity index (χ4v) is 3.61. The van der Waals surface area contributed by atoms with Crippen LogP contribution in [0, 0.1) is 5.92 Å². The molecule has 3 nitrogen and oxygen atoms in total. The van der Waals surface area contributed by atoms with E-state index in [4.69, 9.17) is 4.74 Å². The predicted molar refractivity (Wildman–Crippen MR) is 62.9 cm³/mol. The van der Waals surface area contributed by atoms with Gasteiger partial charge in [0.15, 0.2) is 0 Å². The molecule has 3 heteroatoms. The molecule has 0 bridgehead atoms. The summed E-state index contributed by atoms with van der Waals surface area (Å²) in [7, 11) is 2.33. The van der Waals surface area contributed by atoms with Crippen LogP contribution in [0.25, 0.3) is 0 Å². The summed E-state index contributed by atoms with van der Waals surface area (Å²) in [6.07, 6.45) is 6.03. The fourth-order valence-electron chi connectivity index (χ4n) is 3.61. The lowest BCUT2D eigenvalue weighted by molar-refractivity contribution is -0.945. The molecule has 2 fully saturated rings. The van der Waals surface area contributed by atoms with E-state index < -0.39 is 0 Å². The average molecular weight is 226 g/mol. The van der Waals surface area contributed by atoms with Gasteiger partial charge in [-0.1, -0.05) is 0 Å². The van der Waals surface area contributed by atoms with Crippen LogP contribution < -0.4 is 0 Å². The van der Waals surface area contributed by atoms with E-state index in [2.05, 4.69) is 7.05 Å². The molecule has 0 aliphatic carbocycles. The Morgan fingerprint density at radius 1 is 1.25 bits per heavy atom. The van der Waals surface area contributed by atoms with Crippen molar-refractivity contribution in [2.75, 3.05) is 26.7 Å². The number of nitrogens with zero attached hydrogens (tertiary/aromatic N) is 1. The molecular weight excluding hydrogens is 202 g/mol. The molecular formula is C13H24NO2+. The molecule has 2 saturated heterocycles. The van der Waals surface area contributed by atoms with Gasteiger partial charge in [0.1, 0.15) is 12.0 Å². The molecule has 2 aliphatic rings. The monoisotopic (exact) mass is 226 g/mol. The third kappa shape index (κ3) is 2.10. The van der Waals surface area contributed by atoms with Crippen molar-refractivity contribution in [2.24, 2.45) is 5.92 Å². The molecule has 0 aromatic rings. The van der Waals surface area contributed by atoms with Crippen LogP contribution in [0.2, 0.25) is 0 Å². The van der Waals surface area contributed by atoms with Crippen molar-refractivity contribution in [1.82, 2.24) is 0 Å². The first-order valence-corrected chi connectivity index (χ1v) is 6.68. The van der Waals surface area contributed by atoms with Crippen LogP contribution in [0.4, 0.5) is 0 Å². The van der Waals surface area contributed by atoms with Gasteiger partial charge >= 0.3 is 5.97 Å². The topological polar surface area (TPSA) is 26.3 Å². The zero-order valence-electron chi connectivity index (χ0n) is 10.6. The maximum absolute atomic E-state index is 12.0. The SMILES string of the molecule is CCOC(=O)[C@@H]1CCC[N+]2(C)CCCC[C@H]12. The summed E-state index contributed by atoms with van der Waals surface area (Å²) < 4.78 is 6.34. The molecule has 1 unspecified atom stereocenters. The van der Waals surface area contributed by atoms with E-state index in [1.165, 1.54) is 38.8 Å². The van der Waals surface area contributed by atoms with Gasteiger partial charge in [-0.05, 0) is 32.6 Å². The Kier molecular flexibility index (Phi) is 3.53. The predicted octanol–water partition coefficient (Wildman–Crippen LogP) is 1.96. The molecule has 0 aromatic carbocycles. The number of esters is 1. The Morgan fingerprint density at radius 2 is 2.00 bits per heavy atom. The molecule has 0 spiro atoms. The first kappa shape index (κ1) is 11.9. The summed E-state index contributed by atoms with van der Waals surface area (Å²) in [4.78, 5) is 12.0. The van der Waals surface area contributed by atoms with Crippen LogP contribution in [-0.2, 0) is 9.53 Å². The lowest BCUT2D eigenvalue weighted by Gasteiger charge is -2.50. The highest BCUT2D eigenvalue weighted by atomic mass is 16.5. The van der Waals surface area contributed by atoms with Gasteiger partial charge in [-0.25, -0.2) is 0 Å². The highest BCUT2D eigenvalue weighted by Crippen LogP contribution is 2.36. The summed E-state index contributed by atoms with van der Waals surface area (Å²) in [5, 5.41) is 0. The van der Waals surface area contributed by atoms with E-state index in [9.17, 15) is 4.79 Å². The largest absolute Gasteiger partial charge is 0.466 e. The maximum atomic E-state index is 12.0. The molecule has 0 amide bonds. The molecule has 2 rings (SSSR count). The van der Waals surface area contributed by atoms with Gasteiger partial charge in [0.2, 0.25) is 0 Å². The summed E-state index contributed by atoms with van der Waals surface area (Å²) in [5.41, 5.74) is 0. The van der Waals surface area contributed by atoms with Gasteiger partial charge in [0.05, 0.1) is 26.7 Å². The van der Waals surface area contributed by atoms with Gasteiger partial charge in [-0.15, -0.1) is 0 Å². The minimum absolute atomic E-state index is 0.0541. The quantitative estimate of drug-likeness (QED) is 0.531. The Hall–Kier alpha value is -0.570. The van der Waals surface area contributed by atoms with Crippen molar-refractivity contribution >= 4 is 5.97 Å². The van der Waals surface area contributed by atoms with Gasteiger partial charge in [0, 0.05) is 6.42 Å². The normalized spacial score (nSPS) is 38.9. The van der Waals surface area contributed by atoms with Crippen LogP contribution in [0.1, 0.15) is 39.0 Å². The van der Waals surface area contributed by atoms with Crippen LogP contribution in [0.3, 0.4) is 0 Å². The second-order valence-electron chi connectivity index (χ2n) is 5.49. The Balaban J connectivity index is 2.10. The molecule has 0 N–H and O–H groups in total. The fraction of sp³-hybridized carbons (Fsp3) is 0.923. The molecule has 3 atom stereocenters. The minimum Gasteiger partial charge on any atom is -0.466 e. The highest BCUT2D eigenvalue weighted by molar-refractivity contribution is 5.73. The van der Waals surface area contributed by atoms with Crippen molar-refractivity contribution < 1.29 is 14.0 Å². The molecule has 16 heavy (non-hydrogen) atoms. The number of ether oxygens (including phenoxy) is 1. The van der Waals surface area contributed by atoms with E-state index >= 15 is 0 Å².